The smallest absolute Gasteiger partial charge is 0.326 e. The molecule has 0 unspecified atom stereocenters. The van der Waals surface area contributed by atoms with Gasteiger partial charge in [0.25, 0.3) is 0 Å². The number of carbonyl (C=O) groups is 2. The van der Waals surface area contributed by atoms with E-state index in [0.29, 0.717) is 13.0 Å². The number of nitrogens with zero attached hydrogens (tertiary/aromatic N) is 1. The van der Waals surface area contributed by atoms with Crippen molar-refractivity contribution in [3.63, 3.8) is 0 Å². The Morgan fingerprint density at radius 1 is 1.04 bits per heavy atom. The molecule has 3 rings (SSSR count). The van der Waals surface area contributed by atoms with Gasteiger partial charge >= 0.3 is 5.97 Å². The van der Waals surface area contributed by atoms with Gasteiger partial charge in [0, 0.05) is 19.5 Å². The fourth-order valence-corrected chi connectivity index (χ4v) is 3.59. The van der Waals surface area contributed by atoms with Crippen molar-refractivity contribution in [1.82, 2.24) is 10.2 Å². The summed E-state index contributed by atoms with van der Waals surface area (Å²) in [5, 5.41) is 12.3. The van der Waals surface area contributed by atoms with Crippen molar-refractivity contribution in [2.24, 2.45) is 5.92 Å². The van der Waals surface area contributed by atoms with E-state index in [-0.39, 0.29) is 11.8 Å². The van der Waals surface area contributed by atoms with Crippen LogP contribution in [0.25, 0.3) is 0 Å². The van der Waals surface area contributed by atoms with Gasteiger partial charge in [-0.25, -0.2) is 4.79 Å². The molecule has 0 saturated carbocycles. The molecule has 5 heteroatoms. The lowest BCUT2D eigenvalue weighted by Gasteiger charge is -2.32. The van der Waals surface area contributed by atoms with Crippen molar-refractivity contribution >= 4 is 11.9 Å². The monoisotopic (exact) mass is 366 g/mol. The van der Waals surface area contributed by atoms with Crippen LogP contribution in [0.3, 0.4) is 0 Å². The molecule has 1 aliphatic rings. The topological polar surface area (TPSA) is 69.6 Å². The Kier molecular flexibility index (Phi) is 6.60. The van der Waals surface area contributed by atoms with Crippen LogP contribution >= 0.6 is 0 Å². The number of likely N-dealkylation sites (tertiary alicyclic amines) is 1. The quantitative estimate of drug-likeness (QED) is 0.791. The Bertz CT molecular complexity index is 749. The van der Waals surface area contributed by atoms with Gasteiger partial charge in [-0.05, 0) is 30.5 Å². The van der Waals surface area contributed by atoms with Crippen LogP contribution in [-0.4, -0.2) is 41.0 Å². The zero-order valence-corrected chi connectivity index (χ0v) is 15.4. The third-order valence-electron chi connectivity index (χ3n) is 5.02. The lowest BCUT2D eigenvalue weighted by Crippen LogP contribution is -2.48. The maximum atomic E-state index is 12.7. The first kappa shape index (κ1) is 19.1. The summed E-state index contributed by atoms with van der Waals surface area (Å²) in [6.07, 6.45) is 2.04. The molecule has 5 nitrogen and oxygen atoms in total. The van der Waals surface area contributed by atoms with E-state index < -0.39 is 12.0 Å². The van der Waals surface area contributed by atoms with Gasteiger partial charge < -0.3 is 10.4 Å². The highest BCUT2D eigenvalue weighted by Gasteiger charge is 2.29. The van der Waals surface area contributed by atoms with Gasteiger partial charge in [-0.3, -0.25) is 9.69 Å². The zero-order valence-electron chi connectivity index (χ0n) is 15.4. The molecule has 1 fully saturated rings. The van der Waals surface area contributed by atoms with Crippen LogP contribution in [0.1, 0.15) is 24.0 Å². The molecule has 2 atom stereocenters. The van der Waals surface area contributed by atoms with Crippen molar-refractivity contribution < 1.29 is 14.7 Å². The normalized spacial score (nSPS) is 18.6. The average Bonchev–Trinajstić information content (AvgIpc) is 2.69. The molecule has 0 radical (unpaired) electrons. The maximum absolute atomic E-state index is 12.7. The summed E-state index contributed by atoms with van der Waals surface area (Å²) in [4.78, 5) is 26.6. The summed E-state index contributed by atoms with van der Waals surface area (Å²) in [7, 11) is 0. The molecular weight excluding hydrogens is 340 g/mol. The van der Waals surface area contributed by atoms with Crippen LogP contribution in [0.2, 0.25) is 0 Å². The van der Waals surface area contributed by atoms with E-state index in [4.69, 9.17) is 0 Å². The highest BCUT2D eigenvalue weighted by Crippen LogP contribution is 2.19. The highest BCUT2D eigenvalue weighted by atomic mass is 16.4. The van der Waals surface area contributed by atoms with Crippen molar-refractivity contribution in [3.05, 3.63) is 71.8 Å². The molecule has 1 aliphatic heterocycles. The van der Waals surface area contributed by atoms with E-state index in [2.05, 4.69) is 22.3 Å². The summed E-state index contributed by atoms with van der Waals surface area (Å²) >= 11 is 0. The predicted octanol–water partition coefficient (Wildman–Crippen LogP) is 2.71. The minimum atomic E-state index is -0.996. The standard InChI is InChI=1S/C22H26N2O3/c25-21(23-20(22(26)27)14-17-8-3-1-4-9-17)19-12-7-13-24(16-19)15-18-10-5-2-6-11-18/h1-6,8-11,19-20H,7,12-16H2,(H,23,25)(H,26,27)/t19-,20-/m1/s1. The molecule has 2 aromatic carbocycles. The molecule has 1 heterocycles. The minimum absolute atomic E-state index is 0.156. The number of nitrogens with one attached hydrogen (secondary N) is 1. The van der Waals surface area contributed by atoms with E-state index in [0.717, 1.165) is 31.5 Å². The van der Waals surface area contributed by atoms with Crippen LogP contribution in [0.5, 0.6) is 0 Å². The van der Waals surface area contributed by atoms with Crippen LogP contribution in [-0.2, 0) is 22.6 Å². The Labute approximate surface area is 160 Å². The molecule has 2 N–H and O–H groups in total. The largest absolute Gasteiger partial charge is 0.480 e. The number of aliphatic carboxylic acids is 1. The lowest BCUT2D eigenvalue weighted by atomic mass is 9.95. The van der Waals surface area contributed by atoms with Gasteiger partial charge in [-0.2, -0.15) is 0 Å². The van der Waals surface area contributed by atoms with Crippen LogP contribution in [0.15, 0.2) is 60.7 Å². The lowest BCUT2D eigenvalue weighted by molar-refractivity contribution is -0.142. The Hall–Kier alpha value is -2.66. The first-order chi connectivity index (χ1) is 13.1. The van der Waals surface area contributed by atoms with E-state index >= 15 is 0 Å². The first-order valence-electron chi connectivity index (χ1n) is 9.45. The summed E-state index contributed by atoms with van der Waals surface area (Å²) in [6.45, 7) is 2.44. The maximum Gasteiger partial charge on any atom is 0.326 e. The fraction of sp³-hybridized carbons (Fsp3) is 0.364. The number of benzene rings is 2. The minimum Gasteiger partial charge on any atom is -0.480 e. The predicted molar refractivity (Wildman–Crippen MR) is 104 cm³/mol. The molecule has 1 saturated heterocycles. The average molecular weight is 366 g/mol. The summed E-state index contributed by atoms with van der Waals surface area (Å²) in [5.41, 5.74) is 2.13. The molecule has 1 amide bonds. The Morgan fingerprint density at radius 3 is 2.30 bits per heavy atom. The second kappa shape index (κ2) is 9.33. The zero-order chi connectivity index (χ0) is 19.1. The highest BCUT2D eigenvalue weighted by molar-refractivity contribution is 5.85. The Balaban J connectivity index is 1.57. The Morgan fingerprint density at radius 2 is 1.67 bits per heavy atom. The third-order valence-corrected chi connectivity index (χ3v) is 5.02. The van der Waals surface area contributed by atoms with E-state index in [1.165, 1.54) is 5.56 Å². The van der Waals surface area contributed by atoms with Gasteiger partial charge in [-0.15, -0.1) is 0 Å². The number of piperidine rings is 1. The molecule has 27 heavy (non-hydrogen) atoms. The summed E-state index contributed by atoms with van der Waals surface area (Å²) in [5.74, 6) is -1.32. The number of carboxylic acid groups (broad SMARTS) is 1. The van der Waals surface area contributed by atoms with E-state index in [1.54, 1.807) is 0 Å². The number of carboxylic acids is 1. The number of carbonyl (C=O) groups excluding carboxylic acids is 1. The third kappa shape index (κ3) is 5.66. The summed E-state index contributed by atoms with van der Waals surface area (Å²) < 4.78 is 0. The van der Waals surface area contributed by atoms with Crippen LogP contribution in [0, 0.1) is 5.92 Å². The molecule has 0 bridgehead atoms. The van der Waals surface area contributed by atoms with Crippen molar-refractivity contribution in [2.75, 3.05) is 13.1 Å². The van der Waals surface area contributed by atoms with Crippen molar-refractivity contribution in [3.8, 4) is 0 Å². The summed E-state index contributed by atoms with van der Waals surface area (Å²) in [6, 6.07) is 18.7. The van der Waals surface area contributed by atoms with Crippen molar-refractivity contribution in [1.29, 1.82) is 0 Å². The second-order valence-electron chi connectivity index (χ2n) is 7.15. The van der Waals surface area contributed by atoms with Gasteiger partial charge in [0.05, 0.1) is 5.92 Å². The fourth-order valence-electron chi connectivity index (χ4n) is 3.59. The number of amides is 1. The van der Waals surface area contributed by atoms with Gasteiger partial charge in [0.2, 0.25) is 5.91 Å². The number of hydrogen-bond donors (Lipinski definition) is 2. The van der Waals surface area contributed by atoms with E-state index in [9.17, 15) is 14.7 Å². The molecule has 2 aromatic rings. The molecule has 142 valence electrons. The number of hydrogen-bond acceptors (Lipinski definition) is 3. The van der Waals surface area contributed by atoms with Crippen molar-refractivity contribution in [2.45, 2.75) is 31.8 Å². The van der Waals surface area contributed by atoms with Crippen LogP contribution < -0.4 is 5.32 Å². The second-order valence-corrected chi connectivity index (χ2v) is 7.15. The molecule has 0 aliphatic carbocycles. The van der Waals surface area contributed by atoms with Gasteiger partial charge in [0.1, 0.15) is 6.04 Å². The van der Waals surface area contributed by atoms with Crippen LogP contribution in [0.4, 0.5) is 0 Å². The van der Waals surface area contributed by atoms with Gasteiger partial charge in [-0.1, -0.05) is 60.7 Å². The number of rotatable bonds is 7. The molecule has 0 aromatic heterocycles. The van der Waals surface area contributed by atoms with Gasteiger partial charge in [0.15, 0.2) is 0 Å². The molecular formula is C22H26N2O3. The van der Waals surface area contributed by atoms with E-state index in [1.807, 2.05) is 48.5 Å². The molecule has 0 spiro atoms. The first-order valence-corrected chi connectivity index (χ1v) is 9.45. The SMILES string of the molecule is O=C(N[C@H](Cc1ccccc1)C(=O)O)[C@@H]1CCCN(Cc2ccccc2)C1.